The van der Waals surface area contributed by atoms with Gasteiger partial charge in [0.1, 0.15) is 29.2 Å². The van der Waals surface area contributed by atoms with Crippen LogP contribution in [0.4, 0.5) is 4.39 Å². The summed E-state index contributed by atoms with van der Waals surface area (Å²) in [6, 6.07) is 17.3. The number of rotatable bonds is 8. The number of benzene rings is 3. The molecule has 0 atom stereocenters. The summed E-state index contributed by atoms with van der Waals surface area (Å²) in [7, 11) is 1.61. The molecule has 0 unspecified atom stereocenters. The van der Waals surface area contributed by atoms with Crippen molar-refractivity contribution in [3.8, 4) is 22.6 Å². The number of piperidine rings is 1. The minimum atomic E-state index is -0.311. The van der Waals surface area contributed by atoms with E-state index in [1.54, 1.807) is 25.3 Å². The standard InChI is InChI=1S/C31H29FN2O5/c1-36-23-6-3-20(4-7-23)27-19-38-28-18-24(8-10-26(28)31(27)35)37-16-2-13-34-14-11-21(12-15-34)30-25-9-5-22(32)17-29(25)39-33-30/h3-10,17-19,21H,2,11-16H2,1H3. The summed E-state index contributed by atoms with van der Waals surface area (Å²) in [5.41, 5.74) is 3.15. The fourth-order valence-corrected chi connectivity index (χ4v) is 5.30. The predicted molar refractivity (Wildman–Crippen MR) is 147 cm³/mol. The van der Waals surface area contributed by atoms with Crippen molar-refractivity contribution < 1.29 is 22.8 Å². The summed E-state index contributed by atoms with van der Waals surface area (Å²) in [6.45, 7) is 3.44. The molecule has 1 saturated heterocycles. The molecule has 0 bridgehead atoms. The summed E-state index contributed by atoms with van der Waals surface area (Å²) >= 11 is 0. The Balaban J connectivity index is 1.01. The van der Waals surface area contributed by atoms with Gasteiger partial charge in [-0.15, -0.1) is 0 Å². The van der Waals surface area contributed by atoms with Gasteiger partial charge in [0.25, 0.3) is 0 Å². The van der Waals surface area contributed by atoms with Crippen LogP contribution in [0.3, 0.4) is 0 Å². The number of methoxy groups -OCH3 is 1. The van der Waals surface area contributed by atoms with Crippen LogP contribution in [0.1, 0.15) is 30.9 Å². The van der Waals surface area contributed by atoms with Crippen LogP contribution in [0.2, 0.25) is 0 Å². The van der Waals surface area contributed by atoms with Gasteiger partial charge in [-0.05, 0) is 74.3 Å². The fourth-order valence-electron chi connectivity index (χ4n) is 5.30. The molecule has 0 radical (unpaired) electrons. The first kappa shape index (κ1) is 25.1. The van der Waals surface area contributed by atoms with Gasteiger partial charge in [0, 0.05) is 30.0 Å². The lowest BCUT2D eigenvalue weighted by atomic mass is 9.91. The minimum Gasteiger partial charge on any atom is -0.497 e. The van der Waals surface area contributed by atoms with E-state index in [9.17, 15) is 9.18 Å². The Morgan fingerprint density at radius 1 is 0.974 bits per heavy atom. The summed E-state index contributed by atoms with van der Waals surface area (Å²) in [5, 5.41) is 5.66. The van der Waals surface area contributed by atoms with Crippen molar-refractivity contribution in [2.45, 2.75) is 25.2 Å². The zero-order valence-corrected chi connectivity index (χ0v) is 21.7. The minimum absolute atomic E-state index is 0.0813. The molecule has 3 aromatic carbocycles. The highest BCUT2D eigenvalue weighted by molar-refractivity contribution is 5.82. The number of likely N-dealkylation sites (tertiary alicyclic amines) is 1. The van der Waals surface area contributed by atoms with E-state index < -0.39 is 0 Å². The van der Waals surface area contributed by atoms with Gasteiger partial charge in [-0.3, -0.25) is 4.79 Å². The molecule has 0 spiro atoms. The lowest BCUT2D eigenvalue weighted by molar-refractivity contribution is 0.191. The maximum Gasteiger partial charge on any atom is 0.200 e. The maximum absolute atomic E-state index is 13.4. The van der Waals surface area contributed by atoms with E-state index in [2.05, 4.69) is 10.1 Å². The third-order valence-corrected chi connectivity index (χ3v) is 7.47. The highest BCUT2D eigenvalue weighted by Crippen LogP contribution is 2.33. The Labute approximate surface area is 224 Å². The molecule has 0 aliphatic carbocycles. The van der Waals surface area contributed by atoms with E-state index in [4.69, 9.17) is 18.4 Å². The number of aromatic nitrogens is 1. The highest BCUT2D eigenvalue weighted by Gasteiger charge is 2.25. The predicted octanol–water partition coefficient (Wildman–Crippen LogP) is 6.40. The van der Waals surface area contributed by atoms with Crippen molar-refractivity contribution in [3.63, 3.8) is 0 Å². The van der Waals surface area contributed by atoms with Crippen LogP contribution >= 0.6 is 0 Å². The van der Waals surface area contributed by atoms with Gasteiger partial charge in [-0.1, -0.05) is 17.3 Å². The average molecular weight is 529 g/mol. The molecule has 1 fully saturated rings. The Morgan fingerprint density at radius 2 is 1.74 bits per heavy atom. The molecule has 39 heavy (non-hydrogen) atoms. The molecule has 7 nitrogen and oxygen atoms in total. The normalized spacial score (nSPS) is 14.7. The van der Waals surface area contributed by atoms with Crippen LogP contribution < -0.4 is 14.9 Å². The summed E-state index contributed by atoms with van der Waals surface area (Å²) < 4.78 is 35.8. The first-order valence-corrected chi connectivity index (χ1v) is 13.2. The second-order valence-corrected chi connectivity index (χ2v) is 9.89. The molecule has 200 valence electrons. The van der Waals surface area contributed by atoms with E-state index >= 15 is 0 Å². The molecule has 0 N–H and O–H groups in total. The first-order chi connectivity index (χ1) is 19.1. The zero-order chi connectivity index (χ0) is 26.8. The lowest BCUT2D eigenvalue weighted by Gasteiger charge is -2.31. The van der Waals surface area contributed by atoms with Crippen LogP contribution in [-0.4, -0.2) is 43.4 Å². The average Bonchev–Trinajstić information content (AvgIpc) is 3.39. The second kappa shape index (κ2) is 10.9. The Bertz CT molecular complexity index is 1650. The molecule has 0 amide bonds. The van der Waals surface area contributed by atoms with Crippen molar-refractivity contribution in [2.24, 2.45) is 0 Å². The van der Waals surface area contributed by atoms with Crippen molar-refractivity contribution in [2.75, 3.05) is 33.4 Å². The molecule has 6 rings (SSSR count). The number of hydrogen-bond donors (Lipinski definition) is 0. The van der Waals surface area contributed by atoms with Crippen molar-refractivity contribution >= 4 is 21.9 Å². The first-order valence-electron chi connectivity index (χ1n) is 13.2. The lowest BCUT2D eigenvalue weighted by Crippen LogP contribution is -2.34. The van der Waals surface area contributed by atoms with E-state index in [-0.39, 0.29) is 11.2 Å². The van der Waals surface area contributed by atoms with Gasteiger partial charge in [0.15, 0.2) is 11.0 Å². The van der Waals surface area contributed by atoms with Gasteiger partial charge in [0.2, 0.25) is 0 Å². The molecule has 2 aromatic heterocycles. The zero-order valence-electron chi connectivity index (χ0n) is 21.7. The molecular formula is C31H29FN2O5. The SMILES string of the molecule is COc1ccc(-c2coc3cc(OCCCN4CCC(c5noc6cc(F)ccc56)CC4)ccc3c2=O)cc1. The molecule has 3 heterocycles. The Hall–Kier alpha value is -4.17. The smallest absolute Gasteiger partial charge is 0.200 e. The number of fused-ring (bicyclic) bond motifs is 2. The van der Waals surface area contributed by atoms with Gasteiger partial charge in [-0.25, -0.2) is 4.39 Å². The van der Waals surface area contributed by atoms with Crippen molar-refractivity contribution in [1.82, 2.24) is 10.1 Å². The second-order valence-electron chi connectivity index (χ2n) is 9.89. The van der Waals surface area contributed by atoms with Crippen molar-refractivity contribution in [1.29, 1.82) is 0 Å². The number of hydrogen-bond acceptors (Lipinski definition) is 7. The van der Waals surface area contributed by atoms with E-state index in [1.807, 2.05) is 30.3 Å². The van der Waals surface area contributed by atoms with Gasteiger partial charge < -0.3 is 23.3 Å². The molecule has 0 saturated carbocycles. The van der Waals surface area contributed by atoms with Crippen LogP contribution in [0.15, 0.2) is 80.7 Å². The number of ether oxygens (including phenoxy) is 2. The van der Waals surface area contributed by atoms with Gasteiger partial charge in [0.05, 0.1) is 30.4 Å². The van der Waals surface area contributed by atoms with Crippen LogP contribution in [0, 0.1) is 5.82 Å². The fraction of sp³-hybridized carbons (Fsp3) is 0.290. The molecule has 1 aliphatic rings. The van der Waals surface area contributed by atoms with Gasteiger partial charge in [-0.2, -0.15) is 0 Å². The summed E-state index contributed by atoms with van der Waals surface area (Å²) in [4.78, 5) is 15.5. The van der Waals surface area contributed by atoms with Gasteiger partial charge >= 0.3 is 0 Å². The Morgan fingerprint density at radius 3 is 2.54 bits per heavy atom. The van der Waals surface area contributed by atoms with E-state index in [1.165, 1.54) is 18.4 Å². The van der Waals surface area contributed by atoms with Crippen molar-refractivity contribution in [3.05, 3.63) is 88.7 Å². The maximum atomic E-state index is 13.4. The molecular weight excluding hydrogens is 499 g/mol. The molecule has 1 aliphatic heterocycles. The third-order valence-electron chi connectivity index (χ3n) is 7.47. The molecule has 8 heteroatoms. The Kier molecular flexibility index (Phi) is 7.02. The quantitative estimate of drug-likeness (QED) is 0.216. The van der Waals surface area contributed by atoms with E-state index in [0.717, 1.165) is 61.3 Å². The topological polar surface area (TPSA) is 77.9 Å². The van der Waals surface area contributed by atoms with E-state index in [0.29, 0.717) is 40.4 Å². The largest absolute Gasteiger partial charge is 0.497 e. The van der Waals surface area contributed by atoms with Crippen LogP contribution in [0.25, 0.3) is 33.1 Å². The van der Waals surface area contributed by atoms with Crippen LogP contribution in [0.5, 0.6) is 11.5 Å². The summed E-state index contributed by atoms with van der Waals surface area (Å²) in [6.07, 6.45) is 4.36. The number of nitrogens with zero attached hydrogens (tertiary/aromatic N) is 2. The highest BCUT2D eigenvalue weighted by atomic mass is 19.1. The summed E-state index contributed by atoms with van der Waals surface area (Å²) in [5.74, 6) is 1.42. The number of halogens is 1. The monoisotopic (exact) mass is 528 g/mol. The molecule has 5 aromatic rings. The van der Waals surface area contributed by atoms with Crippen LogP contribution in [-0.2, 0) is 0 Å². The third kappa shape index (κ3) is 5.25.